The molecule has 412 valence electrons. The topological polar surface area (TPSA) is 165 Å². The summed E-state index contributed by atoms with van der Waals surface area (Å²) in [5.41, 5.74) is 10.2. The van der Waals surface area contributed by atoms with Crippen LogP contribution in [-0.2, 0) is 31.1 Å². The standard InChI is InChI=1S/C61H77N5O8S3/c1-60(2)50-22-7-9-24-52(50)65(38-15-17-44-76(68,69)70)56(60)34-30-46-20-19-21-47(31-35-57-61(3,4)51-23-8-10-25-53(51)66(57)39-16-18-45-77(71,72)73)58(46)75-49-32-28-48(29-33-49)59(67)62-36-13-6-14-37-63-40-42-64(43-41-63)54-26-11-12-27-55(54)74-5/h7-12,22-35H,6,13-21,36-45H2,1-5H3,(H2-,62,67,68,69,70,71,72,73)/p-1. The number of ether oxygens (including phenoxy) is 1. The molecule has 16 heteroatoms. The highest BCUT2D eigenvalue weighted by molar-refractivity contribution is 8.03. The Bertz CT molecular complexity index is 3130. The third kappa shape index (κ3) is 14.6. The maximum Gasteiger partial charge on any atom is 0.251 e. The first-order valence-corrected chi connectivity index (χ1v) is 31.3. The second kappa shape index (κ2) is 25.5. The molecule has 3 aliphatic heterocycles. The fourth-order valence-corrected chi connectivity index (χ4v) is 13.6. The van der Waals surface area contributed by atoms with Crippen molar-refractivity contribution >= 4 is 60.7 Å². The number of piperazine rings is 1. The molecule has 1 aliphatic carbocycles. The first-order valence-electron chi connectivity index (χ1n) is 27.3. The SMILES string of the molecule is COc1ccccc1N1CCN(CCCCCNC(=O)c2ccc(SC3=C(/C=C/C4=[N+](CCCCS(=O)(=O)[O-])c5ccccc5C4(C)C)CCC/C3=C\C=C3\N(CCCCS(=O)(=O)[O-])c4ccccc4C3(C)C)cc2)CC1. The number of carbonyl (C=O) groups excluding carboxylic acids is 1. The smallest absolute Gasteiger partial charge is 0.251 e. The summed E-state index contributed by atoms with van der Waals surface area (Å²) >= 11 is 1.70. The van der Waals surface area contributed by atoms with Gasteiger partial charge in [-0.25, -0.2) is 16.8 Å². The number of benzene rings is 4. The van der Waals surface area contributed by atoms with E-state index in [4.69, 9.17) is 4.74 Å². The quantitative estimate of drug-likeness (QED) is 0.0402. The predicted molar refractivity (Wildman–Crippen MR) is 310 cm³/mol. The van der Waals surface area contributed by atoms with E-state index in [2.05, 4.69) is 113 Å². The van der Waals surface area contributed by atoms with E-state index < -0.39 is 20.2 Å². The van der Waals surface area contributed by atoms with Crippen LogP contribution in [0.4, 0.5) is 17.1 Å². The minimum absolute atomic E-state index is 0.0856. The number of anilines is 2. The van der Waals surface area contributed by atoms with Gasteiger partial charge in [0.15, 0.2) is 5.71 Å². The number of nitrogens with zero attached hydrogens (tertiary/aromatic N) is 4. The summed E-state index contributed by atoms with van der Waals surface area (Å²) in [6, 6.07) is 32.7. The summed E-state index contributed by atoms with van der Waals surface area (Å²) in [6.07, 6.45) is 16.3. The maximum absolute atomic E-state index is 13.5. The monoisotopic (exact) mass is 1100 g/mol. The molecule has 77 heavy (non-hydrogen) atoms. The zero-order valence-corrected chi connectivity index (χ0v) is 47.9. The highest BCUT2D eigenvalue weighted by Crippen LogP contribution is 2.49. The number of allylic oxidation sites excluding steroid dienone is 7. The Labute approximate surface area is 462 Å². The number of hydrogen-bond donors (Lipinski definition) is 1. The molecule has 0 saturated carbocycles. The van der Waals surface area contributed by atoms with Crippen molar-refractivity contribution in [1.29, 1.82) is 0 Å². The number of para-hydroxylation sites is 4. The number of unbranched alkanes of at least 4 members (excludes halogenated alkanes) is 4. The van der Waals surface area contributed by atoms with Crippen molar-refractivity contribution in [3.63, 3.8) is 0 Å². The van der Waals surface area contributed by atoms with Crippen LogP contribution in [0.1, 0.15) is 113 Å². The summed E-state index contributed by atoms with van der Waals surface area (Å²) < 4.78 is 76.9. The van der Waals surface area contributed by atoms with Gasteiger partial charge >= 0.3 is 0 Å². The van der Waals surface area contributed by atoms with Crippen molar-refractivity contribution in [2.75, 3.05) is 80.8 Å². The van der Waals surface area contributed by atoms with Crippen molar-refractivity contribution in [3.8, 4) is 5.75 Å². The molecule has 4 aromatic carbocycles. The third-order valence-electron chi connectivity index (χ3n) is 15.6. The molecule has 1 saturated heterocycles. The molecule has 3 heterocycles. The average Bonchev–Trinajstić information content (AvgIpc) is 3.76. The van der Waals surface area contributed by atoms with E-state index in [-0.39, 0.29) is 41.1 Å². The Hall–Kier alpha value is -5.49. The zero-order valence-electron chi connectivity index (χ0n) is 45.5. The van der Waals surface area contributed by atoms with Crippen LogP contribution in [0.5, 0.6) is 5.75 Å². The number of methoxy groups -OCH3 is 1. The molecular weight excluding hydrogens is 1030 g/mol. The van der Waals surface area contributed by atoms with Crippen molar-refractivity contribution in [3.05, 3.63) is 160 Å². The normalized spacial score (nSPS) is 18.7. The van der Waals surface area contributed by atoms with Crippen LogP contribution in [0.25, 0.3) is 0 Å². The fraction of sp³-hybridized carbons (Fsp3) is 0.443. The molecule has 4 aliphatic rings. The van der Waals surface area contributed by atoms with Crippen LogP contribution in [0, 0.1) is 0 Å². The fourth-order valence-electron chi connectivity index (χ4n) is 11.4. The van der Waals surface area contributed by atoms with Gasteiger partial charge in [-0.1, -0.05) is 92.7 Å². The van der Waals surface area contributed by atoms with Crippen LogP contribution < -0.4 is 19.9 Å². The summed E-state index contributed by atoms with van der Waals surface area (Å²) in [4.78, 5) is 22.8. The van der Waals surface area contributed by atoms with Gasteiger partial charge in [-0.3, -0.25) is 9.69 Å². The second-order valence-corrected chi connectivity index (χ2v) is 25.8. The molecule has 0 aromatic heterocycles. The van der Waals surface area contributed by atoms with Crippen molar-refractivity contribution in [2.45, 2.75) is 108 Å². The van der Waals surface area contributed by atoms with Gasteiger partial charge in [0.1, 0.15) is 12.3 Å². The molecule has 0 radical (unpaired) electrons. The first-order chi connectivity index (χ1) is 36.8. The third-order valence-corrected chi connectivity index (χ3v) is 18.4. The maximum atomic E-state index is 13.5. The van der Waals surface area contributed by atoms with Gasteiger partial charge in [0, 0.05) is 107 Å². The Balaban J connectivity index is 0.998. The van der Waals surface area contributed by atoms with E-state index >= 15 is 0 Å². The lowest BCUT2D eigenvalue weighted by Gasteiger charge is -2.36. The summed E-state index contributed by atoms with van der Waals surface area (Å²) in [5, 5.41) is 3.15. The van der Waals surface area contributed by atoms with Crippen LogP contribution in [0.15, 0.2) is 148 Å². The van der Waals surface area contributed by atoms with Crippen LogP contribution in [-0.4, -0.2) is 118 Å². The Morgan fingerprint density at radius 1 is 0.701 bits per heavy atom. The number of hydrogen-bond acceptors (Lipinski definition) is 12. The molecule has 8 rings (SSSR count). The lowest BCUT2D eigenvalue weighted by Crippen LogP contribution is -2.46. The second-order valence-electron chi connectivity index (χ2n) is 21.6. The Kier molecular flexibility index (Phi) is 19.1. The molecule has 1 N–H and O–H groups in total. The largest absolute Gasteiger partial charge is 0.748 e. The molecule has 0 atom stereocenters. The van der Waals surface area contributed by atoms with E-state index in [0.717, 1.165) is 115 Å². The van der Waals surface area contributed by atoms with Gasteiger partial charge < -0.3 is 29.0 Å². The number of rotatable bonds is 24. The van der Waals surface area contributed by atoms with Gasteiger partial charge in [-0.15, -0.1) is 0 Å². The molecule has 0 spiro atoms. The van der Waals surface area contributed by atoms with Gasteiger partial charge in [0.25, 0.3) is 5.91 Å². The van der Waals surface area contributed by atoms with E-state index in [9.17, 15) is 30.7 Å². The zero-order chi connectivity index (χ0) is 54.8. The van der Waals surface area contributed by atoms with E-state index in [1.54, 1.807) is 18.9 Å². The molecular formula is C61H76N5O8S3-. The van der Waals surface area contributed by atoms with E-state index in [1.165, 1.54) is 22.3 Å². The van der Waals surface area contributed by atoms with Gasteiger partial charge in [0.2, 0.25) is 5.69 Å². The number of nitrogens with one attached hydrogen (secondary N) is 1. The summed E-state index contributed by atoms with van der Waals surface area (Å²) in [6.45, 7) is 15.6. The summed E-state index contributed by atoms with van der Waals surface area (Å²) in [5.74, 6) is 0.0517. The van der Waals surface area contributed by atoms with Gasteiger partial charge in [-0.2, -0.15) is 4.58 Å². The van der Waals surface area contributed by atoms with Crippen molar-refractivity contribution < 1.29 is 40.0 Å². The summed E-state index contributed by atoms with van der Waals surface area (Å²) in [7, 11) is -6.90. The van der Waals surface area contributed by atoms with Crippen molar-refractivity contribution in [2.24, 2.45) is 0 Å². The van der Waals surface area contributed by atoms with E-state index in [1.807, 2.05) is 60.7 Å². The number of carbonyl (C=O) groups is 1. The molecule has 0 bridgehead atoms. The minimum atomic E-state index is -4.31. The molecule has 4 aromatic rings. The van der Waals surface area contributed by atoms with Gasteiger partial charge in [-0.05, 0) is 137 Å². The molecule has 1 fully saturated rings. The van der Waals surface area contributed by atoms with Gasteiger partial charge in [0.05, 0.1) is 38.4 Å². The Morgan fingerprint density at radius 2 is 1.35 bits per heavy atom. The molecule has 13 nitrogen and oxygen atoms in total. The highest BCUT2D eigenvalue weighted by atomic mass is 32.2. The predicted octanol–water partition coefficient (Wildman–Crippen LogP) is 10.8. The van der Waals surface area contributed by atoms with Crippen molar-refractivity contribution in [1.82, 2.24) is 10.2 Å². The number of amides is 1. The lowest BCUT2D eigenvalue weighted by molar-refractivity contribution is -0.438. The molecule has 0 unspecified atom stereocenters. The van der Waals surface area contributed by atoms with E-state index in [0.29, 0.717) is 38.0 Å². The number of thioether (sulfide) groups is 1. The van der Waals surface area contributed by atoms with Crippen LogP contribution >= 0.6 is 11.8 Å². The lowest BCUT2D eigenvalue weighted by atomic mass is 9.81. The Morgan fingerprint density at radius 3 is 2.06 bits per heavy atom. The first kappa shape index (κ1) is 57.7. The highest BCUT2D eigenvalue weighted by Gasteiger charge is 2.44. The average molecular weight is 1100 g/mol. The number of fused-ring (bicyclic) bond motifs is 2. The molecule has 1 amide bonds. The minimum Gasteiger partial charge on any atom is -0.748 e. The van der Waals surface area contributed by atoms with Crippen LogP contribution in [0.2, 0.25) is 0 Å². The van der Waals surface area contributed by atoms with Crippen LogP contribution in [0.3, 0.4) is 0 Å².